The minimum absolute atomic E-state index is 0.404. The third-order valence-electron chi connectivity index (χ3n) is 0.789. The quantitative estimate of drug-likeness (QED) is 0.439. The SMILES string of the molecule is CCC(=O)C[SiH3]. The van der Waals surface area contributed by atoms with Gasteiger partial charge in [-0.3, -0.25) is 0 Å². The maximum atomic E-state index is 10.2. The van der Waals surface area contributed by atoms with Gasteiger partial charge in [0.25, 0.3) is 0 Å². The highest BCUT2D eigenvalue weighted by Gasteiger charge is 1.86. The van der Waals surface area contributed by atoms with Crippen LogP contribution >= 0.6 is 0 Å². The van der Waals surface area contributed by atoms with Crippen LogP contribution in [0.4, 0.5) is 0 Å². The highest BCUT2D eigenvalue weighted by Crippen LogP contribution is 1.81. The molecule has 6 heavy (non-hydrogen) atoms. The van der Waals surface area contributed by atoms with Gasteiger partial charge in [-0.2, -0.15) is 0 Å². The van der Waals surface area contributed by atoms with Crippen molar-refractivity contribution in [3.63, 3.8) is 0 Å². The van der Waals surface area contributed by atoms with Crippen molar-refractivity contribution in [2.24, 2.45) is 0 Å². The van der Waals surface area contributed by atoms with E-state index in [9.17, 15) is 4.79 Å². The number of ketones is 1. The first-order valence-electron chi connectivity index (χ1n) is 2.33. The van der Waals surface area contributed by atoms with Crippen LogP contribution in [0.25, 0.3) is 0 Å². The molecule has 0 aliphatic heterocycles. The van der Waals surface area contributed by atoms with Gasteiger partial charge in [0.15, 0.2) is 0 Å². The monoisotopic (exact) mass is 102 g/mol. The lowest BCUT2D eigenvalue weighted by Gasteiger charge is -1.81. The molecule has 0 unspecified atom stereocenters. The van der Waals surface area contributed by atoms with Crippen LogP contribution in [0, 0.1) is 0 Å². The molecule has 1 nitrogen and oxygen atoms in total. The zero-order valence-corrected chi connectivity index (χ0v) is 6.32. The Morgan fingerprint density at radius 3 is 2.33 bits per heavy atom. The van der Waals surface area contributed by atoms with Gasteiger partial charge < -0.3 is 4.79 Å². The molecule has 0 atom stereocenters. The molecule has 0 N–H and O–H groups in total. The van der Waals surface area contributed by atoms with E-state index in [0.29, 0.717) is 5.78 Å². The normalized spacial score (nSPS) is 8.83. The second-order valence-electron chi connectivity index (χ2n) is 1.25. The van der Waals surface area contributed by atoms with Crippen LogP contribution in [0.15, 0.2) is 0 Å². The zero-order valence-electron chi connectivity index (χ0n) is 4.32. The van der Waals surface area contributed by atoms with Crippen molar-refractivity contribution in [1.29, 1.82) is 0 Å². The fraction of sp³-hybridized carbons (Fsp3) is 0.750. The molecule has 36 valence electrons. The van der Waals surface area contributed by atoms with Gasteiger partial charge in [0.1, 0.15) is 5.78 Å². The summed E-state index contributed by atoms with van der Waals surface area (Å²) in [5.41, 5.74) is 0. The number of carbonyl (C=O) groups excluding carboxylic acids is 1. The summed E-state index contributed by atoms with van der Waals surface area (Å²) >= 11 is 0. The largest absolute Gasteiger partial charge is 0.300 e. The van der Waals surface area contributed by atoms with Gasteiger partial charge >= 0.3 is 0 Å². The number of carbonyl (C=O) groups is 1. The number of hydrogen-bond acceptors (Lipinski definition) is 1. The van der Waals surface area contributed by atoms with Gasteiger partial charge in [0.2, 0.25) is 0 Å². The molecule has 0 saturated heterocycles. The summed E-state index contributed by atoms with van der Waals surface area (Å²) in [7, 11) is 1.03. The predicted octanol–water partition coefficient (Wildman–Crippen LogP) is -0.251. The van der Waals surface area contributed by atoms with E-state index < -0.39 is 0 Å². The Morgan fingerprint density at radius 1 is 1.83 bits per heavy atom. The second kappa shape index (κ2) is 3.09. The van der Waals surface area contributed by atoms with Crippen LogP contribution in [-0.4, -0.2) is 16.0 Å². The molecule has 0 radical (unpaired) electrons. The van der Waals surface area contributed by atoms with E-state index in [0.717, 1.165) is 22.7 Å². The fourth-order valence-corrected chi connectivity index (χ4v) is 0.750. The summed E-state index contributed by atoms with van der Waals surface area (Å²) in [6.07, 6.45) is 0.726. The highest BCUT2D eigenvalue weighted by atomic mass is 28.1. The van der Waals surface area contributed by atoms with Crippen LogP contribution in [0.2, 0.25) is 6.04 Å². The maximum Gasteiger partial charge on any atom is 0.129 e. The summed E-state index contributed by atoms with van der Waals surface area (Å²) < 4.78 is 0. The molecule has 0 aromatic carbocycles. The summed E-state index contributed by atoms with van der Waals surface area (Å²) in [5.74, 6) is 0.404. The average Bonchev–Trinajstić information content (AvgIpc) is 1.65. The Kier molecular flexibility index (Phi) is 3.03. The average molecular weight is 102 g/mol. The van der Waals surface area contributed by atoms with E-state index in [1.165, 1.54) is 0 Å². The first-order chi connectivity index (χ1) is 2.81. The van der Waals surface area contributed by atoms with Gasteiger partial charge in [-0.25, -0.2) is 0 Å². The number of Topliss-reactive ketones (excluding diaryl/α,β-unsaturated/α-hetero) is 1. The summed E-state index contributed by atoms with van der Waals surface area (Å²) in [6, 6.07) is 0.830. The molecule has 0 fully saturated rings. The molecule has 0 amide bonds. The van der Waals surface area contributed by atoms with E-state index in [2.05, 4.69) is 0 Å². The van der Waals surface area contributed by atoms with Crippen LogP contribution in [0.5, 0.6) is 0 Å². The lowest BCUT2D eigenvalue weighted by molar-refractivity contribution is -0.116. The van der Waals surface area contributed by atoms with Gasteiger partial charge in [0.05, 0.1) is 0 Å². The highest BCUT2D eigenvalue weighted by molar-refractivity contribution is 6.20. The van der Waals surface area contributed by atoms with E-state index >= 15 is 0 Å². The number of rotatable bonds is 2. The van der Waals surface area contributed by atoms with Crippen molar-refractivity contribution < 1.29 is 4.79 Å². The van der Waals surface area contributed by atoms with Gasteiger partial charge in [-0.15, -0.1) is 0 Å². The summed E-state index contributed by atoms with van der Waals surface area (Å²) in [6.45, 7) is 1.90. The molecule has 0 heterocycles. The Labute approximate surface area is 41.2 Å². The molecule has 0 aliphatic carbocycles. The molecule has 0 rings (SSSR count). The van der Waals surface area contributed by atoms with Gasteiger partial charge in [-0.1, -0.05) is 6.92 Å². The Balaban J connectivity index is 2.99. The van der Waals surface area contributed by atoms with Gasteiger partial charge in [0, 0.05) is 16.7 Å². The molecular weight excluding hydrogens is 92.1 g/mol. The van der Waals surface area contributed by atoms with Crippen LogP contribution in [0.1, 0.15) is 13.3 Å². The van der Waals surface area contributed by atoms with Crippen molar-refractivity contribution in [3.8, 4) is 0 Å². The van der Waals surface area contributed by atoms with Crippen molar-refractivity contribution >= 4 is 16.0 Å². The fourth-order valence-electron chi connectivity index (χ4n) is 0.250. The standard InChI is InChI=1S/C4H10OSi/c1-2-4(5)3-6/h2-3H2,1,6H3. The third-order valence-corrected chi connectivity index (χ3v) is 1.58. The number of hydrogen-bond donors (Lipinski definition) is 0. The van der Waals surface area contributed by atoms with Crippen LogP contribution < -0.4 is 0 Å². The van der Waals surface area contributed by atoms with Crippen LogP contribution in [0.3, 0.4) is 0 Å². The van der Waals surface area contributed by atoms with E-state index in [1.807, 2.05) is 6.92 Å². The molecule has 2 heteroatoms. The van der Waals surface area contributed by atoms with Crippen molar-refractivity contribution in [2.75, 3.05) is 0 Å². The molecule has 0 aliphatic rings. The molecule has 0 spiro atoms. The van der Waals surface area contributed by atoms with E-state index in [-0.39, 0.29) is 0 Å². The topological polar surface area (TPSA) is 17.1 Å². The zero-order chi connectivity index (χ0) is 4.99. The first kappa shape index (κ1) is 5.89. The van der Waals surface area contributed by atoms with Crippen molar-refractivity contribution in [1.82, 2.24) is 0 Å². The third kappa shape index (κ3) is 2.14. The smallest absolute Gasteiger partial charge is 0.129 e. The van der Waals surface area contributed by atoms with E-state index in [1.54, 1.807) is 0 Å². The Hall–Kier alpha value is -0.113. The van der Waals surface area contributed by atoms with E-state index in [4.69, 9.17) is 0 Å². The van der Waals surface area contributed by atoms with Gasteiger partial charge in [-0.05, 0) is 6.04 Å². The minimum Gasteiger partial charge on any atom is -0.300 e. The molecule has 0 saturated carbocycles. The molecule has 0 bridgehead atoms. The molecule has 0 aromatic rings. The van der Waals surface area contributed by atoms with Crippen LogP contribution in [-0.2, 0) is 4.79 Å². The molecular formula is C4H10OSi. The summed E-state index contributed by atoms with van der Waals surface area (Å²) in [5, 5.41) is 0. The van der Waals surface area contributed by atoms with Crippen molar-refractivity contribution in [3.05, 3.63) is 0 Å². The molecule has 0 aromatic heterocycles. The Morgan fingerprint density at radius 2 is 2.33 bits per heavy atom. The maximum absolute atomic E-state index is 10.2. The first-order valence-corrected chi connectivity index (χ1v) is 3.74. The lowest BCUT2D eigenvalue weighted by atomic mass is 10.4. The minimum atomic E-state index is 0.404. The van der Waals surface area contributed by atoms with Crippen molar-refractivity contribution in [2.45, 2.75) is 19.4 Å². The second-order valence-corrected chi connectivity index (χ2v) is 1.95. The Bertz CT molecular complexity index is 45.5. The lowest BCUT2D eigenvalue weighted by Crippen LogP contribution is -1.90. The summed E-state index contributed by atoms with van der Waals surface area (Å²) in [4.78, 5) is 10.2. The predicted molar refractivity (Wildman–Crippen MR) is 30.0 cm³/mol.